The topological polar surface area (TPSA) is 17.1 Å². The second kappa shape index (κ2) is 5.66. The summed E-state index contributed by atoms with van der Waals surface area (Å²) in [7, 11) is 0. The minimum atomic E-state index is -0.296. The molecule has 0 aromatic heterocycles. The fourth-order valence-corrected chi connectivity index (χ4v) is 3.02. The first-order chi connectivity index (χ1) is 7.71. The number of rotatable bonds is 3. The second-order valence-electron chi connectivity index (χ2n) is 5.37. The van der Waals surface area contributed by atoms with Crippen molar-refractivity contribution in [2.45, 2.75) is 38.9 Å². The first kappa shape index (κ1) is 14.9. The van der Waals surface area contributed by atoms with Crippen molar-refractivity contribution in [3.05, 3.63) is 33.8 Å². The molecular formula is C14H18Br2O. The first-order valence-corrected chi connectivity index (χ1v) is 7.36. The fourth-order valence-electron chi connectivity index (χ4n) is 1.53. The molecule has 0 radical (unpaired) electrons. The van der Waals surface area contributed by atoms with Crippen molar-refractivity contribution < 1.29 is 4.79 Å². The van der Waals surface area contributed by atoms with Crippen molar-refractivity contribution in [2.24, 2.45) is 5.41 Å². The van der Waals surface area contributed by atoms with Crippen molar-refractivity contribution in [1.82, 2.24) is 0 Å². The molecule has 1 aromatic carbocycles. The van der Waals surface area contributed by atoms with Gasteiger partial charge in [0.25, 0.3) is 0 Å². The molecule has 0 amide bonds. The molecule has 0 spiro atoms. The van der Waals surface area contributed by atoms with Crippen molar-refractivity contribution in [3.8, 4) is 0 Å². The van der Waals surface area contributed by atoms with Crippen LogP contribution in [0.3, 0.4) is 0 Å². The Bertz CT molecular complexity index is 419. The molecule has 0 aliphatic carbocycles. The van der Waals surface area contributed by atoms with Crippen LogP contribution in [0.4, 0.5) is 0 Å². The molecular weight excluding hydrogens is 344 g/mol. The van der Waals surface area contributed by atoms with Crippen LogP contribution in [0.5, 0.6) is 0 Å². The van der Waals surface area contributed by atoms with E-state index in [1.54, 1.807) is 0 Å². The SMILES string of the molecule is Cc1ccc(CC(Br)C(=O)C(C)(C)C)cc1Br. The van der Waals surface area contributed by atoms with Crippen LogP contribution in [-0.2, 0) is 11.2 Å². The van der Waals surface area contributed by atoms with Gasteiger partial charge in [-0.3, -0.25) is 4.79 Å². The van der Waals surface area contributed by atoms with Crippen LogP contribution in [-0.4, -0.2) is 10.6 Å². The molecule has 1 nitrogen and oxygen atoms in total. The van der Waals surface area contributed by atoms with Gasteiger partial charge in [0.1, 0.15) is 0 Å². The number of aryl methyl sites for hydroxylation is 1. The minimum absolute atomic E-state index is 0.114. The van der Waals surface area contributed by atoms with E-state index in [2.05, 4.69) is 57.0 Å². The van der Waals surface area contributed by atoms with Crippen LogP contribution in [0.25, 0.3) is 0 Å². The van der Waals surface area contributed by atoms with Crippen molar-refractivity contribution in [2.75, 3.05) is 0 Å². The smallest absolute Gasteiger partial charge is 0.152 e. The molecule has 0 heterocycles. The molecule has 1 atom stereocenters. The predicted molar refractivity (Wildman–Crippen MR) is 79.8 cm³/mol. The van der Waals surface area contributed by atoms with E-state index in [9.17, 15) is 4.79 Å². The number of halogens is 2. The zero-order valence-corrected chi connectivity index (χ0v) is 13.9. The Morgan fingerprint density at radius 2 is 1.94 bits per heavy atom. The number of carbonyl (C=O) groups excluding carboxylic acids is 1. The van der Waals surface area contributed by atoms with Crippen LogP contribution in [0.1, 0.15) is 31.9 Å². The van der Waals surface area contributed by atoms with E-state index in [0.29, 0.717) is 0 Å². The lowest BCUT2D eigenvalue weighted by atomic mass is 9.87. The fraction of sp³-hybridized carbons (Fsp3) is 0.500. The van der Waals surface area contributed by atoms with Crippen LogP contribution >= 0.6 is 31.9 Å². The van der Waals surface area contributed by atoms with Crippen LogP contribution < -0.4 is 0 Å². The highest BCUT2D eigenvalue weighted by Gasteiger charge is 2.27. The molecule has 17 heavy (non-hydrogen) atoms. The van der Waals surface area contributed by atoms with Gasteiger partial charge in [0, 0.05) is 9.89 Å². The van der Waals surface area contributed by atoms with Gasteiger partial charge in [0.2, 0.25) is 0 Å². The molecule has 3 heteroatoms. The predicted octanol–water partition coefficient (Wildman–Crippen LogP) is 4.68. The monoisotopic (exact) mass is 360 g/mol. The Balaban J connectivity index is 2.78. The minimum Gasteiger partial charge on any atom is -0.298 e. The molecule has 0 aliphatic heterocycles. The summed E-state index contributed by atoms with van der Waals surface area (Å²) in [6.45, 7) is 7.91. The third-order valence-electron chi connectivity index (χ3n) is 2.67. The van der Waals surface area contributed by atoms with Gasteiger partial charge in [-0.15, -0.1) is 0 Å². The third-order valence-corrected chi connectivity index (χ3v) is 4.27. The van der Waals surface area contributed by atoms with E-state index >= 15 is 0 Å². The quantitative estimate of drug-likeness (QED) is 0.714. The van der Waals surface area contributed by atoms with E-state index in [1.807, 2.05) is 20.8 Å². The summed E-state index contributed by atoms with van der Waals surface area (Å²) in [4.78, 5) is 11.9. The number of carbonyl (C=O) groups is 1. The lowest BCUT2D eigenvalue weighted by Crippen LogP contribution is -2.30. The number of Topliss-reactive ketones (excluding diaryl/α,β-unsaturated/α-hetero) is 1. The molecule has 1 aromatic rings. The van der Waals surface area contributed by atoms with E-state index < -0.39 is 0 Å². The Morgan fingerprint density at radius 1 is 1.35 bits per heavy atom. The summed E-state index contributed by atoms with van der Waals surface area (Å²) in [6.07, 6.45) is 0.731. The highest BCUT2D eigenvalue weighted by atomic mass is 79.9. The standard InChI is InChI=1S/C14H18Br2O/c1-9-5-6-10(7-11(9)15)8-12(16)13(17)14(2,3)4/h5-7,12H,8H2,1-4H3. The maximum absolute atomic E-state index is 12.1. The average molecular weight is 362 g/mol. The molecule has 0 saturated carbocycles. The van der Waals surface area contributed by atoms with Gasteiger partial charge in [-0.1, -0.05) is 64.8 Å². The summed E-state index contributed by atoms with van der Waals surface area (Å²) < 4.78 is 1.10. The molecule has 0 fully saturated rings. The number of hydrogen-bond donors (Lipinski definition) is 0. The normalized spacial score (nSPS) is 13.5. The summed E-state index contributed by atoms with van der Waals surface area (Å²) in [5, 5.41) is 0. The van der Waals surface area contributed by atoms with Crippen LogP contribution in [0, 0.1) is 12.3 Å². The number of ketones is 1. The molecule has 0 bridgehead atoms. The van der Waals surface area contributed by atoms with Crippen LogP contribution in [0.2, 0.25) is 0 Å². The van der Waals surface area contributed by atoms with Gasteiger partial charge >= 0.3 is 0 Å². The number of hydrogen-bond acceptors (Lipinski definition) is 1. The van der Waals surface area contributed by atoms with Crippen molar-refractivity contribution >= 4 is 37.6 Å². The highest BCUT2D eigenvalue weighted by Crippen LogP contribution is 2.25. The van der Waals surface area contributed by atoms with Crippen molar-refractivity contribution in [1.29, 1.82) is 0 Å². The molecule has 0 aliphatic rings. The number of benzene rings is 1. The molecule has 94 valence electrons. The zero-order valence-electron chi connectivity index (χ0n) is 10.7. The Hall–Kier alpha value is -0.150. The number of alkyl halides is 1. The van der Waals surface area contributed by atoms with Crippen LogP contribution in [0.15, 0.2) is 22.7 Å². The van der Waals surface area contributed by atoms with Gasteiger partial charge in [-0.25, -0.2) is 0 Å². The maximum atomic E-state index is 12.1. The van der Waals surface area contributed by atoms with Gasteiger partial charge < -0.3 is 0 Å². The van der Waals surface area contributed by atoms with Gasteiger partial charge in [0.15, 0.2) is 5.78 Å². The van der Waals surface area contributed by atoms with E-state index in [4.69, 9.17) is 0 Å². The lowest BCUT2D eigenvalue weighted by Gasteiger charge is -2.20. The second-order valence-corrected chi connectivity index (χ2v) is 7.33. The Morgan fingerprint density at radius 3 is 2.41 bits per heavy atom. The summed E-state index contributed by atoms with van der Waals surface area (Å²) in [6, 6.07) is 6.23. The van der Waals surface area contributed by atoms with E-state index in [0.717, 1.165) is 10.9 Å². The highest BCUT2D eigenvalue weighted by molar-refractivity contribution is 9.10. The van der Waals surface area contributed by atoms with E-state index in [-0.39, 0.29) is 16.0 Å². The Labute approximate surface area is 120 Å². The average Bonchev–Trinajstić information content (AvgIpc) is 2.21. The zero-order chi connectivity index (χ0) is 13.2. The molecule has 1 rings (SSSR count). The van der Waals surface area contributed by atoms with Crippen molar-refractivity contribution in [3.63, 3.8) is 0 Å². The molecule has 0 N–H and O–H groups in total. The lowest BCUT2D eigenvalue weighted by molar-refractivity contribution is -0.125. The summed E-state index contributed by atoms with van der Waals surface area (Å²) >= 11 is 7.01. The maximum Gasteiger partial charge on any atom is 0.152 e. The summed E-state index contributed by atoms with van der Waals surface area (Å²) in [5.74, 6) is 0.245. The van der Waals surface area contributed by atoms with Gasteiger partial charge in [-0.05, 0) is 30.5 Å². The van der Waals surface area contributed by atoms with Gasteiger partial charge in [0.05, 0.1) is 4.83 Å². The molecule has 1 unspecified atom stereocenters. The largest absolute Gasteiger partial charge is 0.298 e. The Kier molecular flexibility index (Phi) is 4.96. The van der Waals surface area contributed by atoms with Gasteiger partial charge in [-0.2, -0.15) is 0 Å². The first-order valence-electron chi connectivity index (χ1n) is 5.65. The summed E-state index contributed by atoms with van der Waals surface area (Å²) in [5.41, 5.74) is 2.08. The third kappa shape index (κ3) is 4.22. The molecule has 0 saturated heterocycles. The van der Waals surface area contributed by atoms with E-state index in [1.165, 1.54) is 11.1 Å².